The number of aromatic amines is 1. The molecule has 2 aliphatic carbocycles. The first-order chi connectivity index (χ1) is 16.3. The SMILES string of the molecule is CC1CC=CC=C1C1=CCC(c2cc3[nH]c(Oc4cccc(C(C)(C)C)c4)nc3cc2Cl)C=C1. The van der Waals surface area contributed by atoms with Gasteiger partial charge in [-0.05, 0) is 70.7 Å². The van der Waals surface area contributed by atoms with Crippen LogP contribution in [0.2, 0.25) is 5.02 Å². The van der Waals surface area contributed by atoms with E-state index in [1.54, 1.807) is 0 Å². The lowest BCUT2D eigenvalue weighted by atomic mass is 9.82. The molecule has 4 heteroatoms. The van der Waals surface area contributed by atoms with Crippen LogP contribution in [0.25, 0.3) is 11.0 Å². The second kappa shape index (κ2) is 8.96. The fourth-order valence-electron chi connectivity index (χ4n) is 4.69. The van der Waals surface area contributed by atoms with Crippen molar-refractivity contribution in [2.75, 3.05) is 0 Å². The van der Waals surface area contributed by atoms with Gasteiger partial charge in [0, 0.05) is 10.9 Å². The van der Waals surface area contributed by atoms with Gasteiger partial charge in [0.1, 0.15) is 5.75 Å². The third-order valence-corrected chi connectivity index (χ3v) is 7.09. The van der Waals surface area contributed by atoms with E-state index in [0.717, 1.165) is 40.2 Å². The standard InChI is InChI=1S/C30H31ClN2O/c1-19-8-5-6-11-24(19)20-12-14-21(15-13-20)25-17-27-28(18-26(25)31)33-29(32-27)34-23-10-7-9-22(16-23)30(2,3)4/h5-7,9-14,16-19,21H,8,15H2,1-4H3,(H,32,33). The summed E-state index contributed by atoms with van der Waals surface area (Å²) in [4.78, 5) is 7.95. The molecule has 0 saturated carbocycles. The van der Waals surface area contributed by atoms with E-state index in [4.69, 9.17) is 16.3 Å². The maximum atomic E-state index is 6.72. The van der Waals surface area contributed by atoms with E-state index >= 15 is 0 Å². The number of benzene rings is 2. The Bertz CT molecular complexity index is 1350. The normalized spacial score (nSPS) is 20.4. The number of nitrogens with zero attached hydrogens (tertiary/aromatic N) is 1. The van der Waals surface area contributed by atoms with Crippen molar-refractivity contribution in [3.05, 3.63) is 100 Å². The number of halogens is 1. The lowest BCUT2D eigenvalue weighted by molar-refractivity contribution is 0.446. The predicted octanol–water partition coefficient (Wildman–Crippen LogP) is 8.80. The number of ether oxygens (including phenoxy) is 1. The van der Waals surface area contributed by atoms with Crippen molar-refractivity contribution < 1.29 is 4.74 Å². The largest absolute Gasteiger partial charge is 0.426 e. The van der Waals surface area contributed by atoms with Gasteiger partial charge in [0.15, 0.2) is 0 Å². The van der Waals surface area contributed by atoms with Crippen molar-refractivity contribution in [3.63, 3.8) is 0 Å². The summed E-state index contributed by atoms with van der Waals surface area (Å²) < 4.78 is 6.07. The fraction of sp³-hybridized carbons (Fsp3) is 0.300. The number of H-pyrrole nitrogens is 1. The van der Waals surface area contributed by atoms with Crippen molar-refractivity contribution in [3.8, 4) is 11.8 Å². The molecular formula is C30H31ClN2O. The van der Waals surface area contributed by atoms with Crippen LogP contribution in [-0.2, 0) is 5.41 Å². The Morgan fingerprint density at radius 2 is 1.97 bits per heavy atom. The van der Waals surface area contributed by atoms with E-state index < -0.39 is 0 Å². The van der Waals surface area contributed by atoms with Gasteiger partial charge in [0.25, 0.3) is 6.01 Å². The molecule has 0 aliphatic heterocycles. The van der Waals surface area contributed by atoms with Crippen LogP contribution in [0.5, 0.6) is 11.8 Å². The van der Waals surface area contributed by atoms with Gasteiger partial charge in [-0.3, -0.25) is 0 Å². The summed E-state index contributed by atoms with van der Waals surface area (Å²) in [6.07, 6.45) is 15.6. The first-order valence-electron chi connectivity index (χ1n) is 12.0. The number of imidazole rings is 1. The quantitative estimate of drug-likeness (QED) is 0.413. The summed E-state index contributed by atoms with van der Waals surface area (Å²) in [5, 5.41) is 0.736. The minimum atomic E-state index is 0.0553. The van der Waals surface area contributed by atoms with E-state index in [1.165, 1.54) is 16.7 Å². The second-order valence-corrected chi connectivity index (χ2v) is 10.8. The minimum absolute atomic E-state index is 0.0553. The van der Waals surface area contributed by atoms with Crippen LogP contribution in [0, 0.1) is 5.92 Å². The van der Waals surface area contributed by atoms with E-state index in [-0.39, 0.29) is 11.3 Å². The molecule has 0 bridgehead atoms. The van der Waals surface area contributed by atoms with Crippen molar-refractivity contribution in [2.45, 2.75) is 51.9 Å². The Morgan fingerprint density at radius 3 is 2.71 bits per heavy atom. The molecule has 2 aromatic carbocycles. The number of rotatable bonds is 4. The van der Waals surface area contributed by atoms with Crippen molar-refractivity contribution in [1.29, 1.82) is 0 Å². The number of fused-ring (bicyclic) bond motifs is 1. The lowest BCUT2D eigenvalue weighted by Gasteiger charge is -2.23. The maximum absolute atomic E-state index is 6.72. The molecule has 1 N–H and O–H groups in total. The maximum Gasteiger partial charge on any atom is 0.300 e. The number of nitrogens with one attached hydrogen (secondary N) is 1. The van der Waals surface area contributed by atoms with Crippen LogP contribution in [0.4, 0.5) is 0 Å². The average molecular weight is 471 g/mol. The molecule has 5 rings (SSSR count). The summed E-state index contributed by atoms with van der Waals surface area (Å²) in [7, 11) is 0. The molecule has 0 amide bonds. The number of aromatic nitrogens is 2. The Morgan fingerprint density at radius 1 is 1.12 bits per heavy atom. The lowest BCUT2D eigenvalue weighted by Crippen LogP contribution is -2.10. The molecule has 1 heterocycles. The predicted molar refractivity (Wildman–Crippen MR) is 142 cm³/mol. The van der Waals surface area contributed by atoms with Crippen LogP contribution < -0.4 is 4.74 Å². The van der Waals surface area contributed by atoms with Crippen LogP contribution in [0.3, 0.4) is 0 Å². The summed E-state index contributed by atoms with van der Waals surface area (Å²) >= 11 is 6.72. The average Bonchev–Trinajstić information content (AvgIpc) is 3.19. The summed E-state index contributed by atoms with van der Waals surface area (Å²) in [6, 6.07) is 12.7. The van der Waals surface area contributed by atoms with Crippen molar-refractivity contribution in [2.24, 2.45) is 5.92 Å². The van der Waals surface area contributed by atoms with Gasteiger partial charge in [0.2, 0.25) is 0 Å². The highest BCUT2D eigenvalue weighted by Crippen LogP contribution is 2.38. The van der Waals surface area contributed by atoms with Gasteiger partial charge >= 0.3 is 0 Å². The van der Waals surface area contributed by atoms with Gasteiger partial charge in [-0.15, -0.1) is 0 Å². The smallest absolute Gasteiger partial charge is 0.300 e. The molecule has 0 fully saturated rings. The van der Waals surface area contributed by atoms with E-state index in [1.807, 2.05) is 18.2 Å². The zero-order chi connectivity index (χ0) is 23.9. The highest BCUT2D eigenvalue weighted by Gasteiger charge is 2.20. The third kappa shape index (κ3) is 4.63. The Labute approximate surface area is 206 Å². The zero-order valence-corrected chi connectivity index (χ0v) is 21.0. The van der Waals surface area contributed by atoms with E-state index in [9.17, 15) is 0 Å². The summed E-state index contributed by atoms with van der Waals surface area (Å²) in [6.45, 7) is 8.87. The van der Waals surface area contributed by atoms with Crippen LogP contribution in [-0.4, -0.2) is 9.97 Å². The molecular weight excluding hydrogens is 440 g/mol. The Hall–Kier alpha value is -3.04. The first-order valence-corrected chi connectivity index (χ1v) is 12.4. The van der Waals surface area contributed by atoms with E-state index in [0.29, 0.717) is 11.9 Å². The van der Waals surface area contributed by atoms with Gasteiger partial charge in [-0.1, -0.05) is 87.9 Å². The van der Waals surface area contributed by atoms with Crippen molar-refractivity contribution in [1.82, 2.24) is 9.97 Å². The van der Waals surface area contributed by atoms with Crippen LogP contribution >= 0.6 is 11.6 Å². The molecule has 0 spiro atoms. The second-order valence-electron chi connectivity index (χ2n) is 10.4. The van der Waals surface area contributed by atoms with Crippen LogP contribution in [0.1, 0.15) is 57.6 Å². The number of hydrogen-bond donors (Lipinski definition) is 1. The van der Waals surface area contributed by atoms with E-state index in [2.05, 4.69) is 92.3 Å². The number of hydrogen-bond acceptors (Lipinski definition) is 2. The van der Waals surface area contributed by atoms with Crippen molar-refractivity contribution >= 4 is 22.6 Å². The highest BCUT2D eigenvalue weighted by molar-refractivity contribution is 6.32. The molecule has 0 radical (unpaired) electrons. The van der Waals surface area contributed by atoms with Gasteiger partial charge in [-0.25, -0.2) is 0 Å². The topological polar surface area (TPSA) is 37.9 Å². The molecule has 2 atom stereocenters. The zero-order valence-electron chi connectivity index (χ0n) is 20.2. The van der Waals surface area contributed by atoms with Gasteiger partial charge in [-0.2, -0.15) is 4.98 Å². The van der Waals surface area contributed by atoms with Gasteiger partial charge < -0.3 is 9.72 Å². The summed E-state index contributed by atoms with van der Waals surface area (Å²) in [5.74, 6) is 1.57. The highest BCUT2D eigenvalue weighted by atomic mass is 35.5. The molecule has 3 aromatic rings. The molecule has 34 heavy (non-hydrogen) atoms. The summed E-state index contributed by atoms with van der Waals surface area (Å²) in [5.41, 5.74) is 6.87. The van der Waals surface area contributed by atoms with Gasteiger partial charge in [0.05, 0.1) is 11.0 Å². The fourth-order valence-corrected chi connectivity index (χ4v) is 4.98. The molecule has 1 aromatic heterocycles. The molecule has 0 saturated heterocycles. The molecule has 2 unspecified atom stereocenters. The molecule has 2 aliphatic rings. The molecule has 174 valence electrons. The monoisotopic (exact) mass is 470 g/mol. The minimum Gasteiger partial charge on any atom is -0.426 e. The Kier molecular flexibility index (Phi) is 5.99. The third-order valence-electron chi connectivity index (χ3n) is 6.76. The number of allylic oxidation sites excluding steroid dienone is 8. The molecule has 3 nitrogen and oxygen atoms in total. The van der Waals surface area contributed by atoms with Crippen LogP contribution in [0.15, 0.2) is 84.0 Å². The first kappa shape index (κ1) is 22.7. The Balaban J connectivity index is 1.37.